The van der Waals surface area contributed by atoms with Gasteiger partial charge in [0, 0.05) is 17.7 Å². The van der Waals surface area contributed by atoms with Crippen LogP contribution < -0.4 is 5.32 Å². The highest BCUT2D eigenvalue weighted by atomic mass is 35.5. The van der Waals surface area contributed by atoms with Crippen LogP contribution in [0.15, 0.2) is 18.2 Å². The summed E-state index contributed by atoms with van der Waals surface area (Å²) in [6.45, 7) is 2.07. The molecule has 0 heterocycles. The summed E-state index contributed by atoms with van der Waals surface area (Å²) >= 11 is 5.84. The number of aliphatic hydroxyl groups is 1. The predicted octanol–water partition coefficient (Wildman–Crippen LogP) is 2.61. The van der Waals surface area contributed by atoms with Gasteiger partial charge >= 0.3 is 5.97 Å². The summed E-state index contributed by atoms with van der Waals surface area (Å²) in [5.41, 5.74) is 0.709. The van der Waals surface area contributed by atoms with Crippen molar-refractivity contribution < 1.29 is 15.0 Å². The van der Waals surface area contributed by atoms with Crippen LogP contribution in [0.25, 0.3) is 0 Å². The normalized spacial score (nSPS) is 12.2. The van der Waals surface area contributed by atoms with Crippen molar-refractivity contribution in [2.75, 3.05) is 11.9 Å². The second-order valence-corrected chi connectivity index (χ2v) is 4.34. The molecule has 0 radical (unpaired) electrons. The number of nitrogens with one attached hydrogen (secondary N) is 1. The Morgan fingerprint density at radius 2 is 2.24 bits per heavy atom. The number of hydrogen-bond donors (Lipinski definition) is 3. The van der Waals surface area contributed by atoms with E-state index >= 15 is 0 Å². The Labute approximate surface area is 105 Å². The molecule has 0 fully saturated rings. The summed E-state index contributed by atoms with van der Waals surface area (Å²) in [6.07, 6.45) is 1.44. The highest BCUT2D eigenvalue weighted by Gasteiger charge is 2.12. The summed E-state index contributed by atoms with van der Waals surface area (Å²) in [7, 11) is 0. The fourth-order valence-corrected chi connectivity index (χ4v) is 1.73. The SMILES string of the molecule is CC(CCCO)Nc1cc(Cl)ccc1C(=O)O. The Balaban J connectivity index is 2.81. The smallest absolute Gasteiger partial charge is 0.337 e. The zero-order valence-electron chi connectivity index (χ0n) is 9.61. The number of hydrogen-bond acceptors (Lipinski definition) is 3. The number of rotatable bonds is 6. The van der Waals surface area contributed by atoms with E-state index in [4.69, 9.17) is 21.8 Å². The van der Waals surface area contributed by atoms with Crippen molar-refractivity contribution in [3.8, 4) is 0 Å². The molecular formula is C12H16ClNO3. The Bertz CT molecular complexity index is 395. The first kappa shape index (κ1) is 13.8. The van der Waals surface area contributed by atoms with Crippen LogP contribution >= 0.6 is 11.6 Å². The Morgan fingerprint density at radius 1 is 1.53 bits per heavy atom. The summed E-state index contributed by atoms with van der Waals surface area (Å²) in [5.74, 6) is -0.987. The number of carboxylic acid groups (broad SMARTS) is 1. The molecule has 1 atom stereocenters. The summed E-state index contributed by atoms with van der Waals surface area (Å²) in [6, 6.07) is 4.71. The van der Waals surface area contributed by atoms with Gasteiger partial charge in [0.2, 0.25) is 0 Å². The predicted molar refractivity (Wildman–Crippen MR) is 67.8 cm³/mol. The highest BCUT2D eigenvalue weighted by molar-refractivity contribution is 6.31. The molecule has 3 N–H and O–H groups in total. The van der Waals surface area contributed by atoms with E-state index in [1.165, 1.54) is 6.07 Å². The van der Waals surface area contributed by atoms with E-state index < -0.39 is 5.97 Å². The molecule has 0 saturated carbocycles. The maximum atomic E-state index is 11.0. The third kappa shape index (κ3) is 4.24. The van der Waals surface area contributed by atoms with E-state index in [-0.39, 0.29) is 18.2 Å². The second kappa shape index (κ2) is 6.47. The first-order valence-electron chi connectivity index (χ1n) is 5.45. The number of aromatic carboxylic acids is 1. The lowest BCUT2D eigenvalue weighted by Gasteiger charge is -2.16. The standard InChI is InChI=1S/C12H16ClNO3/c1-8(3-2-6-15)14-11-7-9(13)4-5-10(11)12(16)17/h4-5,7-8,14-15H,2-3,6H2,1H3,(H,16,17). The van der Waals surface area contributed by atoms with Crippen LogP contribution in [0.4, 0.5) is 5.69 Å². The first-order valence-corrected chi connectivity index (χ1v) is 5.82. The average Bonchev–Trinajstić information content (AvgIpc) is 2.26. The number of anilines is 1. The maximum absolute atomic E-state index is 11.0. The summed E-state index contributed by atoms with van der Waals surface area (Å²) < 4.78 is 0. The van der Waals surface area contributed by atoms with Crippen LogP contribution in [0.1, 0.15) is 30.1 Å². The zero-order chi connectivity index (χ0) is 12.8. The highest BCUT2D eigenvalue weighted by Crippen LogP contribution is 2.22. The van der Waals surface area contributed by atoms with Gasteiger partial charge in [-0.3, -0.25) is 0 Å². The number of aliphatic hydroxyl groups excluding tert-OH is 1. The molecule has 0 bridgehead atoms. The molecule has 17 heavy (non-hydrogen) atoms. The molecule has 5 heteroatoms. The van der Waals surface area contributed by atoms with Gasteiger partial charge in [0.1, 0.15) is 0 Å². The van der Waals surface area contributed by atoms with E-state index in [2.05, 4.69) is 5.32 Å². The van der Waals surface area contributed by atoms with Crippen molar-refractivity contribution >= 4 is 23.3 Å². The number of halogens is 1. The fraction of sp³-hybridized carbons (Fsp3) is 0.417. The van der Waals surface area contributed by atoms with E-state index in [1.54, 1.807) is 12.1 Å². The van der Waals surface area contributed by atoms with Gasteiger partial charge in [-0.2, -0.15) is 0 Å². The Morgan fingerprint density at radius 3 is 2.82 bits per heavy atom. The van der Waals surface area contributed by atoms with Gasteiger partial charge < -0.3 is 15.5 Å². The minimum Gasteiger partial charge on any atom is -0.478 e. The fourth-order valence-electron chi connectivity index (χ4n) is 1.56. The lowest BCUT2D eigenvalue weighted by molar-refractivity contribution is 0.0698. The lowest BCUT2D eigenvalue weighted by atomic mass is 10.1. The molecule has 0 aliphatic heterocycles. The third-order valence-corrected chi connectivity index (χ3v) is 2.64. The molecule has 0 amide bonds. The zero-order valence-corrected chi connectivity index (χ0v) is 10.4. The van der Waals surface area contributed by atoms with Crippen molar-refractivity contribution in [1.82, 2.24) is 0 Å². The van der Waals surface area contributed by atoms with Gasteiger partial charge in [-0.05, 0) is 38.0 Å². The van der Waals surface area contributed by atoms with Gasteiger partial charge in [-0.15, -0.1) is 0 Å². The van der Waals surface area contributed by atoms with Crippen molar-refractivity contribution in [2.24, 2.45) is 0 Å². The molecule has 0 aromatic heterocycles. The van der Waals surface area contributed by atoms with Crippen molar-refractivity contribution in [3.63, 3.8) is 0 Å². The van der Waals surface area contributed by atoms with Crippen molar-refractivity contribution in [2.45, 2.75) is 25.8 Å². The quantitative estimate of drug-likeness (QED) is 0.733. The molecule has 0 spiro atoms. The lowest BCUT2D eigenvalue weighted by Crippen LogP contribution is -2.17. The molecule has 94 valence electrons. The molecule has 0 aliphatic carbocycles. The molecular weight excluding hydrogens is 242 g/mol. The van der Waals surface area contributed by atoms with E-state index in [0.29, 0.717) is 17.1 Å². The van der Waals surface area contributed by atoms with Gasteiger partial charge in [0.15, 0.2) is 0 Å². The monoisotopic (exact) mass is 257 g/mol. The van der Waals surface area contributed by atoms with Gasteiger partial charge in [-0.25, -0.2) is 4.79 Å². The van der Waals surface area contributed by atoms with Crippen LogP contribution in [0.5, 0.6) is 0 Å². The van der Waals surface area contributed by atoms with Crippen LogP contribution in [-0.4, -0.2) is 28.8 Å². The maximum Gasteiger partial charge on any atom is 0.337 e. The Kier molecular flexibility index (Phi) is 5.25. The topological polar surface area (TPSA) is 69.6 Å². The van der Waals surface area contributed by atoms with Crippen molar-refractivity contribution in [3.05, 3.63) is 28.8 Å². The van der Waals surface area contributed by atoms with E-state index in [0.717, 1.165) is 6.42 Å². The number of carbonyl (C=O) groups is 1. The molecule has 0 aliphatic rings. The minimum absolute atomic E-state index is 0.0821. The molecule has 1 unspecified atom stereocenters. The van der Waals surface area contributed by atoms with Crippen LogP contribution in [0.2, 0.25) is 5.02 Å². The van der Waals surface area contributed by atoms with E-state index in [9.17, 15) is 4.79 Å². The van der Waals surface area contributed by atoms with E-state index in [1.807, 2.05) is 6.92 Å². The molecule has 1 rings (SSSR count). The molecule has 4 nitrogen and oxygen atoms in total. The molecule has 0 saturated heterocycles. The third-order valence-electron chi connectivity index (χ3n) is 2.41. The van der Waals surface area contributed by atoms with Crippen LogP contribution in [0.3, 0.4) is 0 Å². The van der Waals surface area contributed by atoms with Crippen LogP contribution in [0, 0.1) is 0 Å². The van der Waals surface area contributed by atoms with Crippen molar-refractivity contribution in [1.29, 1.82) is 0 Å². The molecule has 1 aromatic carbocycles. The minimum atomic E-state index is -0.987. The first-order chi connectivity index (χ1) is 8.04. The summed E-state index contributed by atoms with van der Waals surface area (Å²) in [4.78, 5) is 11.0. The number of carboxylic acids is 1. The van der Waals surface area contributed by atoms with Gasteiger partial charge in [-0.1, -0.05) is 11.6 Å². The van der Waals surface area contributed by atoms with Crippen LogP contribution in [-0.2, 0) is 0 Å². The molecule has 1 aromatic rings. The largest absolute Gasteiger partial charge is 0.478 e. The average molecular weight is 258 g/mol. The Hall–Kier alpha value is -1.26. The second-order valence-electron chi connectivity index (χ2n) is 3.91. The van der Waals surface area contributed by atoms with Gasteiger partial charge in [0.05, 0.1) is 11.3 Å². The number of benzene rings is 1. The van der Waals surface area contributed by atoms with Gasteiger partial charge in [0.25, 0.3) is 0 Å². The summed E-state index contributed by atoms with van der Waals surface area (Å²) in [5, 5.41) is 21.3.